The van der Waals surface area contributed by atoms with Crippen LogP contribution in [0.1, 0.15) is 28.4 Å². The van der Waals surface area contributed by atoms with E-state index >= 15 is 0 Å². The molecule has 0 unspecified atom stereocenters. The number of rotatable bonds is 4. The summed E-state index contributed by atoms with van der Waals surface area (Å²) in [5.74, 6) is 0.159. The van der Waals surface area contributed by atoms with Gasteiger partial charge >= 0.3 is 0 Å². The van der Waals surface area contributed by atoms with Gasteiger partial charge in [0.1, 0.15) is 0 Å². The molecule has 0 fully saturated rings. The molecule has 0 amide bonds. The predicted octanol–water partition coefficient (Wildman–Crippen LogP) is 4.44. The van der Waals surface area contributed by atoms with Gasteiger partial charge in [-0.2, -0.15) is 0 Å². The highest BCUT2D eigenvalue weighted by Crippen LogP contribution is 2.13. The van der Waals surface area contributed by atoms with Crippen LogP contribution in [0.3, 0.4) is 0 Å². The van der Waals surface area contributed by atoms with E-state index in [9.17, 15) is 4.79 Å². The van der Waals surface area contributed by atoms with Crippen molar-refractivity contribution in [1.82, 2.24) is 0 Å². The van der Waals surface area contributed by atoms with E-state index in [1.54, 1.807) is 0 Å². The standard InChI is InChI=1S/C16H15BrO/c1-2-12-3-5-13(6-4-12)11-16(18)14-7-9-15(17)10-8-14/h3-10H,2,11H2,1H3. The minimum Gasteiger partial charge on any atom is -0.294 e. The van der Waals surface area contributed by atoms with Crippen LogP contribution < -0.4 is 0 Å². The maximum atomic E-state index is 12.1. The molecule has 2 heteroatoms. The molecule has 2 aromatic carbocycles. The molecule has 0 aliphatic heterocycles. The Morgan fingerprint density at radius 2 is 1.50 bits per heavy atom. The van der Waals surface area contributed by atoms with Crippen molar-refractivity contribution >= 4 is 21.7 Å². The minimum atomic E-state index is 0.159. The van der Waals surface area contributed by atoms with Crippen LogP contribution in [0.5, 0.6) is 0 Å². The summed E-state index contributed by atoms with van der Waals surface area (Å²) in [4.78, 5) is 12.1. The molecule has 0 N–H and O–H groups in total. The Bertz CT molecular complexity index is 526. The zero-order valence-electron chi connectivity index (χ0n) is 10.3. The van der Waals surface area contributed by atoms with Gasteiger partial charge in [0.25, 0.3) is 0 Å². The average molecular weight is 303 g/mol. The van der Waals surface area contributed by atoms with Gasteiger partial charge in [-0.3, -0.25) is 4.79 Å². The van der Waals surface area contributed by atoms with E-state index in [1.165, 1.54) is 5.56 Å². The first-order valence-corrected chi connectivity index (χ1v) is 6.85. The number of hydrogen-bond donors (Lipinski definition) is 0. The van der Waals surface area contributed by atoms with Crippen molar-refractivity contribution in [3.05, 3.63) is 69.7 Å². The third kappa shape index (κ3) is 3.30. The first-order chi connectivity index (χ1) is 8.69. The summed E-state index contributed by atoms with van der Waals surface area (Å²) in [7, 11) is 0. The molecule has 2 rings (SSSR count). The lowest BCUT2D eigenvalue weighted by Crippen LogP contribution is -2.03. The fourth-order valence-corrected chi connectivity index (χ4v) is 2.08. The first kappa shape index (κ1) is 13.0. The van der Waals surface area contributed by atoms with Crippen LogP contribution in [-0.4, -0.2) is 5.78 Å². The van der Waals surface area contributed by atoms with Crippen LogP contribution in [0.15, 0.2) is 53.0 Å². The number of aryl methyl sites for hydroxylation is 1. The molecular weight excluding hydrogens is 288 g/mol. The van der Waals surface area contributed by atoms with Crippen LogP contribution in [0.2, 0.25) is 0 Å². The second-order valence-corrected chi connectivity index (χ2v) is 5.19. The molecule has 0 aliphatic carbocycles. The van der Waals surface area contributed by atoms with E-state index in [2.05, 4.69) is 35.0 Å². The number of hydrogen-bond acceptors (Lipinski definition) is 1. The molecule has 0 spiro atoms. The predicted molar refractivity (Wildman–Crippen MR) is 78.0 cm³/mol. The summed E-state index contributed by atoms with van der Waals surface area (Å²) >= 11 is 3.37. The van der Waals surface area contributed by atoms with Crippen molar-refractivity contribution in [3.63, 3.8) is 0 Å². The van der Waals surface area contributed by atoms with Gasteiger partial charge in [0.15, 0.2) is 5.78 Å². The Kier molecular flexibility index (Phi) is 4.32. The molecule has 0 aromatic heterocycles. The lowest BCUT2D eigenvalue weighted by atomic mass is 10.0. The highest BCUT2D eigenvalue weighted by Gasteiger charge is 2.06. The molecule has 0 radical (unpaired) electrons. The lowest BCUT2D eigenvalue weighted by Gasteiger charge is -2.03. The topological polar surface area (TPSA) is 17.1 Å². The molecule has 0 saturated heterocycles. The van der Waals surface area contributed by atoms with Crippen molar-refractivity contribution in [2.75, 3.05) is 0 Å². The van der Waals surface area contributed by atoms with Crippen molar-refractivity contribution in [1.29, 1.82) is 0 Å². The molecule has 1 nitrogen and oxygen atoms in total. The van der Waals surface area contributed by atoms with Crippen molar-refractivity contribution in [2.24, 2.45) is 0 Å². The van der Waals surface area contributed by atoms with Crippen LogP contribution in [-0.2, 0) is 12.8 Å². The normalized spacial score (nSPS) is 10.3. The molecule has 0 aliphatic rings. The summed E-state index contributed by atoms with van der Waals surface area (Å²) in [5, 5.41) is 0. The smallest absolute Gasteiger partial charge is 0.167 e. The molecule has 0 heterocycles. The SMILES string of the molecule is CCc1ccc(CC(=O)c2ccc(Br)cc2)cc1. The van der Waals surface area contributed by atoms with Gasteiger partial charge in [-0.15, -0.1) is 0 Å². The van der Waals surface area contributed by atoms with E-state index in [0.29, 0.717) is 6.42 Å². The Morgan fingerprint density at radius 3 is 2.06 bits per heavy atom. The van der Waals surface area contributed by atoms with Crippen LogP contribution in [0.25, 0.3) is 0 Å². The average Bonchev–Trinajstić information content (AvgIpc) is 2.40. The van der Waals surface area contributed by atoms with Gasteiger partial charge in [-0.1, -0.05) is 59.3 Å². The van der Waals surface area contributed by atoms with Crippen LogP contribution in [0.4, 0.5) is 0 Å². The third-order valence-corrected chi connectivity index (χ3v) is 3.49. The van der Waals surface area contributed by atoms with Crippen LogP contribution >= 0.6 is 15.9 Å². The Labute approximate surface area is 116 Å². The Morgan fingerprint density at radius 1 is 0.944 bits per heavy atom. The molecule has 92 valence electrons. The molecule has 18 heavy (non-hydrogen) atoms. The zero-order valence-corrected chi connectivity index (χ0v) is 11.9. The molecular formula is C16H15BrO. The highest BCUT2D eigenvalue weighted by atomic mass is 79.9. The second kappa shape index (κ2) is 5.96. The number of carbonyl (C=O) groups excluding carboxylic acids is 1. The third-order valence-electron chi connectivity index (χ3n) is 2.96. The van der Waals surface area contributed by atoms with Crippen molar-refractivity contribution < 1.29 is 4.79 Å². The largest absolute Gasteiger partial charge is 0.294 e. The zero-order chi connectivity index (χ0) is 13.0. The van der Waals surface area contributed by atoms with Gasteiger partial charge in [0.05, 0.1) is 0 Å². The number of Topliss-reactive ketones (excluding diaryl/α,β-unsaturated/α-hetero) is 1. The quantitative estimate of drug-likeness (QED) is 0.763. The minimum absolute atomic E-state index is 0.159. The van der Waals surface area contributed by atoms with Crippen molar-refractivity contribution in [3.8, 4) is 0 Å². The highest BCUT2D eigenvalue weighted by molar-refractivity contribution is 9.10. The lowest BCUT2D eigenvalue weighted by molar-refractivity contribution is 0.0993. The molecule has 0 saturated carbocycles. The summed E-state index contributed by atoms with van der Waals surface area (Å²) in [5.41, 5.74) is 3.13. The Balaban J connectivity index is 2.08. The van der Waals surface area contributed by atoms with E-state index in [4.69, 9.17) is 0 Å². The first-order valence-electron chi connectivity index (χ1n) is 6.05. The van der Waals surface area contributed by atoms with Gasteiger partial charge in [0.2, 0.25) is 0 Å². The number of ketones is 1. The summed E-state index contributed by atoms with van der Waals surface area (Å²) in [6.07, 6.45) is 1.49. The fourth-order valence-electron chi connectivity index (χ4n) is 1.82. The Hall–Kier alpha value is -1.41. The van der Waals surface area contributed by atoms with Gasteiger partial charge in [-0.05, 0) is 29.7 Å². The van der Waals surface area contributed by atoms with Crippen molar-refractivity contribution in [2.45, 2.75) is 19.8 Å². The molecule has 2 aromatic rings. The maximum absolute atomic E-state index is 12.1. The van der Waals surface area contributed by atoms with Gasteiger partial charge < -0.3 is 0 Å². The summed E-state index contributed by atoms with van der Waals surface area (Å²) in [6, 6.07) is 15.8. The van der Waals surface area contributed by atoms with E-state index < -0.39 is 0 Å². The molecule has 0 bridgehead atoms. The number of benzene rings is 2. The van der Waals surface area contributed by atoms with E-state index in [0.717, 1.165) is 22.0 Å². The van der Waals surface area contributed by atoms with E-state index in [1.807, 2.05) is 36.4 Å². The number of carbonyl (C=O) groups is 1. The maximum Gasteiger partial charge on any atom is 0.167 e. The fraction of sp³-hybridized carbons (Fsp3) is 0.188. The number of halogens is 1. The van der Waals surface area contributed by atoms with Gasteiger partial charge in [0, 0.05) is 16.5 Å². The van der Waals surface area contributed by atoms with Gasteiger partial charge in [-0.25, -0.2) is 0 Å². The monoisotopic (exact) mass is 302 g/mol. The summed E-state index contributed by atoms with van der Waals surface area (Å²) in [6.45, 7) is 2.13. The molecule has 0 atom stereocenters. The second-order valence-electron chi connectivity index (χ2n) is 4.28. The van der Waals surface area contributed by atoms with E-state index in [-0.39, 0.29) is 5.78 Å². The summed E-state index contributed by atoms with van der Waals surface area (Å²) < 4.78 is 0.992. The van der Waals surface area contributed by atoms with Crippen LogP contribution in [0, 0.1) is 0 Å².